The molecule has 1 aromatic carbocycles. The lowest BCUT2D eigenvalue weighted by Crippen LogP contribution is -2.16. The van der Waals surface area contributed by atoms with E-state index >= 15 is 0 Å². The van der Waals surface area contributed by atoms with Crippen LogP contribution in [0.25, 0.3) is 10.9 Å². The van der Waals surface area contributed by atoms with E-state index in [1.165, 1.54) is 0 Å². The quantitative estimate of drug-likeness (QED) is 0.832. The molecule has 2 rings (SSSR count). The number of aromatic nitrogens is 1. The molecular weight excluding hydrogens is 208 g/mol. The summed E-state index contributed by atoms with van der Waals surface area (Å²) in [5.74, 6) is 0.990. The maximum atomic E-state index is 10.7. The minimum atomic E-state index is -0.864. The van der Waals surface area contributed by atoms with Crippen LogP contribution in [0.4, 0.5) is 4.79 Å². The Kier molecular flexibility index (Phi) is 2.59. The van der Waals surface area contributed by atoms with Crippen molar-refractivity contribution in [2.24, 2.45) is 5.73 Å². The Morgan fingerprint density at radius 2 is 2.12 bits per heavy atom. The molecule has 1 aromatic heterocycles. The highest BCUT2D eigenvalue weighted by Crippen LogP contribution is 2.29. The molecule has 2 N–H and O–H groups in total. The number of carbonyl (C=O) groups excluding carboxylic acids is 1. The Morgan fingerprint density at radius 1 is 1.31 bits per heavy atom. The lowest BCUT2D eigenvalue weighted by Gasteiger charge is -2.07. The third-order valence-corrected chi connectivity index (χ3v) is 2.12. The van der Waals surface area contributed by atoms with E-state index < -0.39 is 6.09 Å². The van der Waals surface area contributed by atoms with Crippen molar-refractivity contribution >= 4 is 17.0 Å². The molecule has 0 saturated carbocycles. The van der Waals surface area contributed by atoms with Crippen molar-refractivity contribution in [2.45, 2.75) is 0 Å². The van der Waals surface area contributed by atoms with Crippen LogP contribution in [0.15, 0.2) is 30.5 Å². The van der Waals surface area contributed by atoms with Crippen LogP contribution < -0.4 is 15.2 Å². The normalized spacial score (nSPS) is 10.1. The third kappa shape index (κ3) is 1.75. The van der Waals surface area contributed by atoms with Gasteiger partial charge in [0.1, 0.15) is 11.3 Å². The number of pyridine rings is 1. The second kappa shape index (κ2) is 4.06. The summed E-state index contributed by atoms with van der Waals surface area (Å²) in [5.41, 5.74) is 5.51. The zero-order valence-corrected chi connectivity index (χ0v) is 8.64. The van der Waals surface area contributed by atoms with Crippen molar-refractivity contribution in [1.29, 1.82) is 0 Å². The summed E-state index contributed by atoms with van der Waals surface area (Å²) < 4.78 is 10.0. The molecule has 16 heavy (non-hydrogen) atoms. The van der Waals surface area contributed by atoms with Gasteiger partial charge >= 0.3 is 6.09 Å². The van der Waals surface area contributed by atoms with Gasteiger partial charge in [-0.2, -0.15) is 0 Å². The van der Waals surface area contributed by atoms with Gasteiger partial charge in [0.05, 0.1) is 7.11 Å². The van der Waals surface area contributed by atoms with Gasteiger partial charge in [0.25, 0.3) is 0 Å². The minimum Gasteiger partial charge on any atom is -0.496 e. The summed E-state index contributed by atoms with van der Waals surface area (Å²) in [6.45, 7) is 0. The number of primary amides is 1. The van der Waals surface area contributed by atoms with Gasteiger partial charge < -0.3 is 15.2 Å². The number of rotatable bonds is 2. The fourth-order valence-electron chi connectivity index (χ4n) is 1.49. The smallest absolute Gasteiger partial charge is 0.410 e. The summed E-state index contributed by atoms with van der Waals surface area (Å²) >= 11 is 0. The van der Waals surface area contributed by atoms with Gasteiger partial charge in [-0.1, -0.05) is 6.07 Å². The van der Waals surface area contributed by atoms with Crippen molar-refractivity contribution in [3.63, 3.8) is 0 Å². The summed E-state index contributed by atoms with van der Waals surface area (Å²) in [6, 6.07) is 6.93. The van der Waals surface area contributed by atoms with Gasteiger partial charge in [-0.15, -0.1) is 0 Å². The van der Waals surface area contributed by atoms with Gasteiger partial charge in [-0.05, 0) is 18.2 Å². The summed E-state index contributed by atoms with van der Waals surface area (Å²) in [4.78, 5) is 14.8. The lowest BCUT2D eigenvalue weighted by atomic mass is 10.2. The van der Waals surface area contributed by atoms with Crippen molar-refractivity contribution in [1.82, 2.24) is 4.98 Å². The number of benzene rings is 1. The standard InChI is InChI=1S/C11H10N2O3/c1-15-8-5-6-13-10-7(8)3-2-4-9(10)16-11(12)14/h2-6H,1H3,(H2,12,14). The van der Waals surface area contributed by atoms with E-state index in [1.54, 1.807) is 31.5 Å². The molecule has 0 aliphatic carbocycles. The molecule has 5 nitrogen and oxygen atoms in total. The third-order valence-electron chi connectivity index (χ3n) is 2.12. The number of para-hydroxylation sites is 1. The maximum Gasteiger partial charge on any atom is 0.410 e. The second-order valence-corrected chi connectivity index (χ2v) is 3.09. The van der Waals surface area contributed by atoms with Crippen LogP contribution in [0, 0.1) is 0 Å². The van der Waals surface area contributed by atoms with Crippen molar-refractivity contribution in [3.8, 4) is 11.5 Å². The molecule has 0 aliphatic rings. The van der Waals surface area contributed by atoms with Crippen LogP contribution in [0.5, 0.6) is 11.5 Å². The van der Waals surface area contributed by atoms with E-state index in [0.717, 1.165) is 5.39 Å². The first-order valence-electron chi connectivity index (χ1n) is 4.61. The molecular formula is C11H10N2O3. The van der Waals surface area contributed by atoms with Gasteiger partial charge in [0.2, 0.25) is 0 Å². The van der Waals surface area contributed by atoms with Crippen LogP contribution in [0.1, 0.15) is 0 Å². The summed E-state index contributed by atoms with van der Waals surface area (Å²) in [6.07, 6.45) is 0.715. The number of amides is 1. The molecule has 0 radical (unpaired) electrons. The largest absolute Gasteiger partial charge is 0.496 e. The van der Waals surface area contributed by atoms with Crippen LogP contribution in [-0.2, 0) is 0 Å². The minimum absolute atomic E-state index is 0.323. The number of ether oxygens (including phenoxy) is 2. The van der Waals surface area contributed by atoms with E-state index in [0.29, 0.717) is 17.0 Å². The zero-order valence-electron chi connectivity index (χ0n) is 8.64. The zero-order chi connectivity index (χ0) is 11.5. The fourth-order valence-corrected chi connectivity index (χ4v) is 1.49. The molecule has 0 bridgehead atoms. The SMILES string of the molecule is COc1ccnc2c(OC(N)=O)cccc12. The second-order valence-electron chi connectivity index (χ2n) is 3.09. The Hall–Kier alpha value is -2.30. The van der Waals surface area contributed by atoms with E-state index in [9.17, 15) is 4.79 Å². The number of hydrogen-bond acceptors (Lipinski definition) is 4. The molecule has 0 spiro atoms. The monoisotopic (exact) mass is 218 g/mol. The Balaban J connectivity index is 2.64. The summed E-state index contributed by atoms with van der Waals surface area (Å²) in [5, 5.41) is 0.767. The highest BCUT2D eigenvalue weighted by molar-refractivity contribution is 5.90. The first-order chi connectivity index (χ1) is 7.72. The average molecular weight is 218 g/mol. The highest BCUT2D eigenvalue weighted by Gasteiger charge is 2.08. The Bertz CT molecular complexity index is 540. The molecule has 0 atom stereocenters. The van der Waals surface area contributed by atoms with Crippen LogP contribution in [0.3, 0.4) is 0 Å². The van der Waals surface area contributed by atoms with Crippen LogP contribution >= 0.6 is 0 Å². The number of methoxy groups -OCH3 is 1. The Labute approximate surface area is 91.8 Å². The first-order valence-corrected chi connectivity index (χ1v) is 4.61. The van der Waals surface area contributed by atoms with Crippen molar-refractivity contribution in [3.05, 3.63) is 30.5 Å². The molecule has 1 heterocycles. The molecule has 0 aliphatic heterocycles. The molecule has 0 fully saturated rings. The van der Waals surface area contributed by atoms with Gasteiger partial charge in [-0.3, -0.25) is 4.98 Å². The molecule has 2 aromatic rings. The van der Waals surface area contributed by atoms with Gasteiger partial charge in [0.15, 0.2) is 5.75 Å². The summed E-state index contributed by atoms with van der Waals surface area (Å²) in [7, 11) is 1.57. The van der Waals surface area contributed by atoms with E-state index in [-0.39, 0.29) is 0 Å². The molecule has 5 heteroatoms. The van der Waals surface area contributed by atoms with Gasteiger partial charge in [-0.25, -0.2) is 4.79 Å². The van der Waals surface area contributed by atoms with Gasteiger partial charge in [0, 0.05) is 11.6 Å². The predicted octanol–water partition coefficient (Wildman–Crippen LogP) is 1.70. The number of fused-ring (bicyclic) bond motifs is 1. The Morgan fingerprint density at radius 3 is 2.81 bits per heavy atom. The van der Waals surface area contributed by atoms with E-state index in [1.807, 2.05) is 6.07 Å². The van der Waals surface area contributed by atoms with E-state index in [4.69, 9.17) is 15.2 Å². The highest BCUT2D eigenvalue weighted by atomic mass is 16.5. The number of hydrogen-bond donors (Lipinski definition) is 1. The van der Waals surface area contributed by atoms with Crippen molar-refractivity contribution in [2.75, 3.05) is 7.11 Å². The molecule has 0 saturated heterocycles. The number of nitrogens with two attached hydrogens (primary N) is 1. The fraction of sp³-hybridized carbons (Fsp3) is 0.0909. The predicted molar refractivity (Wildman–Crippen MR) is 58.5 cm³/mol. The molecule has 82 valence electrons. The maximum absolute atomic E-state index is 10.7. The average Bonchev–Trinajstić information content (AvgIpc) is 2.28. The van der Waals surface area contributed by atoms with Crippen LogP contribution in [-0.4, -0.2) is 18.2 Å². The molecule has 0 unspecified atom stereocenters. The number of carbonyl (C=O) groups is 1. The lowest BCUT2D eigenvalue weighted by molar-refractivity contribution is 0.211. The van der Waals surface area contributed by atoms with Crippen LogP contribution in [0.2, 0.25) is 0 Å². The first kappa shape index (κ1) is 10.2. The van der Waals surface area contributed by atoms with E-state index in [2.05, 4.69) is 4.98 Å². The topological polar surface area (TPSA) is 74.4 Å². The molecule has 1 amide bonds. The number of nitrogens with zero attached hydrogens (tertiary/aromatic N) is 1. The van der Waals surface area contributed by atoms with Crippen molar-refractivity contribution < 1.29 is 14.3 Å².